The van der Waals surface area contributed by atoms with E-state index < -0.39 is 17.9 Å². The highest BCUT2D eigenvalue weighted by atomic mass is 16.7. The molecule has 0 fully saturated rings. The van der Waals surface area contributed by atoms with Gasteiger partial charge in [-0.1, -0.05) is 19.4 Å². The number of carboxylic acid groups (broad SMARTS) is 1. The summed E-state index contributed by atoms with van der Waals surface area (Å²) >= 11 is 0. The molecular weight excluding hydrogens is 324 g/mol. The van der Waals surface area contributed by atoms with Crippen LogP contribution >= 0.6 is 0 Å². The second-order valence-electron chi connectivity index (χ2n) is 6.60. The monoisotopic (exact) mass is 358 g/mol. The maximum atomic E-state index is 12.1. The van der Waals surface area contributed by atoms with Crippen LogP contribution in [0.5, 0.6) is 0 Å². The smallest absolute Gasteiger partial charge is 0.333 e. The Morgan fingerprint density at radius 2 is 2.00 bits per heavy atom. The Bertz CT molecular complexity index is 426. The average molecular weight is 358 g/mol. The van der Waals surface area contributed by atoms with Crippen molar-refractivity contribution in [2.45, 2.75) is 64.9 Å². The van der Waals surface area contributed by atoms with Crippen molar-refractivity contribution in [3.05, 3.63) is 12.7 Å². The molecule has 0 saturated heterocycles. The predicted molar refractivity (Wildman–Crippen MR) is 97.3 cm³/mol. The SMILES string of the molecule is C=CC(C)NCCC(CC)CNC(=O)C[C@@H](OC(C)(C)OC)C(=O)O. The molecule has 0 spiro atoms. The van der Waals surface area contributed by atoms with Gasteiger partial charge in [-0.3, -0.25) is 4.79 Å². The first-order valence-electron chi connectivity index (χ1n) is 8.73. The highest BCUT2D eigenvalue weighted by Crippen LogP contribution is 2.15. The Kier molecular flexibility index (Phi) is 11.3. The van der Waals surface area contributed by atoms with Gasteiger partial charge in [-0.25, -0.2) is 4.79 Å². The highest BCUT2D eigenvalue weighted by molar-refractivity contribution is 5.83. The van der Waals surface area contributed by atoms with Crippen molar-refractivity contribution in [2.75, 3.05) is 20.2 Å². The number of hydrogen-bond acceptors (Lipinski definition) is 5. The number of aliphatic carboxylic acids is 1. The molecule has 146 valence electrons. The van der Waals surface area contributed by atoms with Crippen molar-refractivity contribution >= 4 is 11.9 Å². The third-order valence-corrected chi connectivity index (χ3v) is 4.10. The van der Waals surface area contributed by atoms with Gasteiger partial charge >= 0.3 is 5.97 Å². The fourth-order valence-electron chi connectivity index (χ4n) is 2.12. The maximum absolute atomic E-state index is 12.1. The lowest BCUT2D eigenvalue weighted by atomic mass is 10.0. The van der Waals surface area contributed by atoms with Gasteiger partial charge in [0, 0.05) is 19.7 Å². The molecule has 0 aliphatic carbocycles. The van der Waals surface area contributed by atoms with Crippen LogP contribution in [0.1, 0.15) is 47.0 Å². The number of carboxylic acids is 1. The Morgan fingerprint density at radius 1 is 1.36 bits per heavy atom. The van der Waals surface area contributed by atoms with Gasteiger partial charge in [0.1, 0.15) is 0 Å². The lowest BCUT2D eigenvalue weighted by molar-refractivity contribution is -0.228. The van der Waals surface area contributed by atoms with Gasteiger partial charge in [0.25, 0.3) is 0 Å². The molecule has 0 aromatic rings. The van der Waals surface area contributed by atoms with Crippen molar-refractivity contribution < 1.29 is 24.2 Å². The molecule has 0 radical (unpaired) electrons. The average Bonchev–Trinajstić information content (AvgIpc) is 2.56. The van der Waals surface area contributed by atoms with Gasteiger partial charge in [0.2, 0.25) is 5.91 Å². The minimum atomic E-state index is -1.25. The topological polar surface area (TPSA) is 96.9 Å². The summed E-state index contributed by atoms with van der Waals surface area (Å²) < 4.78 is 10.4. The molecule has 3 N–H and O–H groups in total. The van der Waals surface area contributed by atoms with Gasteiger partial charge in [0.05, 0.1) is 6.42 Å². The third-order valence-electron chi connectivity index (χ3n) is 4.10. The van der Waals surface area contributed by atoms with Crippen LogP contribution in [0.15, 0.2) is 12.7 Å². The van der Waals surface area contributed by atoms with E-state index in [2.05, 4.69) is 24.1 Å². The van der Waals surface area contributed by atoms with E-state index in [-0.39, 0.29) is 18.4 Å². The van der Waals surface area contributed by atoms with Gasteiger partial charge in [-0.05, 0) is 39.7 Å². The van der Waals surface area contributed by atoms with Crippen LogP contribution in [-0.2, 0) is 19.1 Å². The zero-order valence-electron chi connectivity index (χ0n) is 16.1. The van der Waals surface area contributed by atoms with Crippen LogP contribution in [0.2, 0.25) is 0 Å². The molecule has 3 atom stereocenters. The molecule has 7 heteroatoms. The summed E-state index contributed by atoms with van der Waals surface area (Å²) in [6, 6.07) is 0.254. The normalized spacial score (nSPS) is 15.2. The zero-order chi connectivity index (χ0) is 19.5. The lowest BCUT2D eigenvalue weighted by Gasteiger charge is -2.27. The number of carbonyl (C=O) groups excluding carboxylic acids is 1. The molecule has 0 aromatic heterocycles. The summed E-state index contributed by atoms with van der Waals surface area (Å²) in [5, 5.41) is 15.3. The van der Waals surface area contributed by atoms with Crippen molar-refractivity contribution in [3.63, 3.8) is 0 Å². The van der Waals surface area contributed by atoms with Crippen molar-refractivity contribution in [1.29, 1.82) is 0 Å². The Labute approximate surface area is 151 Å². The second kappa shape index (κ2) is 12.0. The van der Waals surface area contributed by atoms with E-state index in [1.165, 1.54) is 7.11 Å². The van der Waals surface area contributed by atoms with Crippen LogP contribution in [0.4, 0.5) is 0 Å². The standard InChI is InChI=1S/C18H34N2O5/c1-7-13(3)19-10-9-14(8-2)12-20-16(21)11-15(17(22)23)25-18(4,5)24-6/h7,13-15,19H,1,8-12H2,2-6H3,(H,20,21)(H,22,23)/t13?,14?,15-/m1/s1. The maximum Gasteiger partial charge on any atom is 0.333 e. The van der Waals surface area contributed by atoms with Gasteiger partial charge in [-0.2, -0.15) is 0 Å². The minimum absolute atomic E-state index is 0.246. The molecule has 2 unspecified atom stereocenters. The fraction of sp³-hybridized carbons (Fsp3) is 0.778. The number of amides is 1. The predicted octanol–water partition coefficient (Wildman–Crippen LogP) is 1.93. The van der Waals surface area contributed by atoms with E-state index in [1.54, 1.807) is 13.8 Å². The molecule has 0 heterocycles. The molecule has 7 nitrogen and oxygen atoms in total. The van der Waals surface area contributed by atoms with E-state index in [0.29, 0.717) is 12.5 Å². The summed E-state index contributed by atoms with van der Waals surface area (Å²) in [6.07, 6.45) is 2.20. The van der Waals surface area contributed by atoms with Crippen LogP contribution in [0, 0.1) is 5.92 Å². The van der Waals surface area contributed by atoms with Crippen molar-refractivity contribution in [3.8, 4) is 0 Å². The number of methoxy groups -OCH3 is 1. The lowest BCUT2D eigenvalue weighted by Crippen LogP contribution is -2.41. The summed E-state index contributed by atoms with van der Waals surface area (Å²) in [4.78, 5) is 23.3. The van der Waals surface area contributed by atoms with Crippen LogP contribution in [-0.4, -0.2) is 55.1 Å². The molecule has 0 aromatic carbocycles. The van der Waals surface area contributed by atoms with Crippen LogP contribution < -0.4 is 10.6 Å². The summed E-state index contributed by atoms with van der Waals surface area (Å²) in [6.45, 7) is 12.4. The minimum Gasteiger partial charge on any atom is -0.479 e. The Morgan fingerprint density at radius 3 is 2.48 bits per heavy atom. The van der Waals surface area contributed by atoms with E-state index >= 15 is 0 Å². The van der Waals surface area contributed by atoms with Gasteiger partial charge in [-0.15, -0.1) is 6.58 Å². The number of hydrogen-bond donors (Lipinski definition) is 3. The molecule has 0 rings (SSSR count). The number of ether oxygens (including phenoxy) is 2. The second-order valence-corrected chi connectivity index (χ2v) is 6.60. The first kappa shape index (κ1) is 23.6. The molecule has 0 aliphatic heterocycles. The zero-order valence-corrected chi connectivity index (χ0v) is 16.1. The highest BCUT2D eigenvalue weighted by Gasteiger charge is 2.30. The first-order chi connectivity index (χ1) is 11.6. The molecule has 25 heavy (non-hydrogen) atoms. The summed E-state index contributed by atoms with van der Waals surface area (Å²) in [5.41, 5.74) is 0. The molecule has 0 saturated carbocycles. The van der Waals surface area contributed by atoms with E-state index in [9.17, 15) is 14.7 Å². The van der Waals surface area contributed by atoms with E-state index in [1.807, 2.05) is 13.0 Å². The molecule has 0 aliphatic rings. The van der Waals surface area contributed by atoms with E-state index in [4.69, 9.17) is 9.47 Å². The Balaban J connectivity index is 4.35. The van der Waals surface area contributed by atoms with Crippen molar-refractivity contribution in [1.82, 2.24) is 10.6 Å². The van der Waals surface area contributed by atoms with Crippen LogP contribution in [0.25, 0.3) is 0 Å². The molecule has 0 bridgehead atoms. The Hall–Kier alpha value is -1.44. The van der Waals surface area contributed by atoms with Gasteiger partial charge < -0.3 is 25.2 Å². The molecule has 1 amide bonds. The summed E-state index contributed by atoms with van der Waals surface area (Å²) in [5.74, 6) is -2.27. The number of nitrogens with one attached hydrogen (secondary N) is 2. The summed E-state index contributed by atoms with van der Waals surface area (Å²) in [7, 11) is 1.42. The van der Waals surface area contributed by atoms with E-state index in [0.717, 1.165) is 19.4 Å². The number of carbonyl (C=O) groups is 2. The van der Waals surface area contributed by atoms with Crippen LogP contribution in [0.3, 0.4) is 0 Å². The number of rotatable bonds is 14. The first-order valence-corrected chi connectivity index (χ1v) is 8.73. The largest absolute Gasteiger partial charge is 0.479 e. The quantitative estimate of drug-likeness (QED) is 0.324. The fourth-order valence-corrected chi connectivity index (χ4v) is 2.12. The third kappa shape index (κ3) is 10.9. The molecular formula is C18H34N2O5. The van der Waals surface area contributed by atoms with Crippen molar-refractivity contribution in [2.24, 2.45) is 5.92 Å². The van der Waals surface area contributed by atoms with Gasteiger partial charge in [0.15, 0.2) is 11.9 Å².